The van der Waals surface area contributed by atoms with E-state index in [1.807, 2.05) is 0 Å². The zero-order valence-corrected chi connectivity index (χ0v) is 15.6. The molecule has 0 aliphatic rings. The van der Waals surface area contributed by atoms with Crippen molar-refractivity contribution < 1.29 is 17.9 Å². The van der Waals surface area contributed by atoms with Crippen LogP contribution in [0.25, 0.3) is 16.9 Å². The van der Waals surface area contributed by atoms with Crippen LogP contribution in [0.2, 0.25) is 0 Å². The third-order valence-corrected chi connectivity index (χ3v) is 4.31. The highest BCUT2D eigenvalue weighted by Crippen LogP contribution is 2.25. The summed E-state index contributed by atoms with van der Waals surface area (Å²) < 4.78 is 44.3. The second kappa shape index (κ2) is 7.75. The average Bonchev–Trinajstić information content (AvgIpc) is 3.03. The Bertz CT molecular complexity index is 1260. The molecular formula is C21H14F3N5O. The lowest BCUT2D eigenvalue weighted by molar-refractivity contribution is -0.0498. The Morgan fingerprint density at radius 1 is 1.07 bits per heavy atom. The highest BCUT2D eigenvalue weighted by molar-refractivity contribution is 5.78. The van der Waals surface area contributed by atoms with E-state index >= 15 is 0 Å². The fourth-order valence-corrected chi connectivity index (χ4v) is 3.08. The van der Waals surface area contributed by atoms with Gasteiger partial charge in [0.1, 0.15) is 29.0 Å². The summed E-state index contributed by atoms with van der Waals surface area (Å²) in [6.07, 6.45) is 0. The van der Waals surface area contributed by atoms with E-state index in [9.17, 15) is 18.4 Å². The molecule has 4 rings (SSSR count). The molecule has 9 heteroatoms. The largest absolute Gasteiger partial charge is 0.435 e. The molecule has 0 aliphatic carbocycles. The molecule has 0 saturated heterocycles. The minimum absolute atomic E-state index is 0.0255. The van der Waals surface area contributed by atoms with E-state index in [4.69, 9.17) is 0 Å². The summed E-state index contributed by atoms with van der Waals surface area (Å²) in [6, 6.07) is 15.3. The molecule has 0 atom stereocenters. The van der Waals surface area contributed by atoms with Gasteiger partial charge in [-0.3, -0.25) is 4.57 Å². The Balaban J connectivity index is 1.72. The summed E-state index contributed by atoms with van der Waals surface area (Å²) in [5.41, 5.74) is 2.01. The molecule has 2 aromatic carbocycles. The maximum atomic E-state index is 13.8. The molecular weight excluding hydrogens is 395 g/mol. The van der Waals surface area contributed by atoms with E-state index < -0.39 is 12.4 Å². The molecule has 0 unspecified atom stereocenters. The quantitative estimate of drug-likeness (QED) is 0.497. The Hall–Kier alpha value is -4.06. The monoisotopic (exact) mass is 409 g/mol. The molecule has 6 nitrogen and oxygen atoms in total. The van der Waals surface area contributed by atoms with Gasteiger partial charge in [0, 0.05) is 11.8 Å². The lowest BCUT2D eigenvalue weighted by Gasteiger charge is -2.11. The van der Waals surface area contributed by atoms with Crippen molar-refractivity contribution in [3.05, 3.63) is 71.8 Å². The smallest absolute Gasteiger partial charge is 0.387 e. The number of anilines is 2. The molecule has 30 heavy (non-hydrogen) atoms. The van der Waals surface area contributed by atoms with Crippen molar-refractivity contribution in [3.63, 3.8) is 0 Å². The summed E-state index contributed by atoms with van der Waals surface area (Å²) in [5.74, 6) is 0.934. The van der Waals surface area contributed by atoms with Gasteiger partial charge in [0.2, 0.25) is 0 Å². The van der Waals surface area contributed by atoms with Crippen LogP contribution < -0.4 is 10.1 Å². The molecule has 2 heterocycles. The van der Waals surface area contributed by atoms with Crippen molar-refractivity contribution in [2.75, 3.05) is 5.32 Å². The Morgan fingerprint density at radius 3 is 2.53 bits per heavy atom. The summed E-state index contributed by atoms with van der Waals surface area (Å²) in [4.78, 5) is 8.93. The average molecular weight is 409 g/mol. The normalized spacial score (nSPS) is 10.9. The number of hydrogen-bond donors (Lipinski definition) is 1. The zero-order valence-electron chi connectivity index (χ0n) is 15.6. The number of rotatable bonds is 5. The van der Waals surface area contributed by atoms with Crippen molar-refractivity contribution in [2.24, 2.45) is 0 Å². The molecule has 1 N–H and O–H groups in total. The number of ether oxygens (including phenoxy) is 1. The molecule has 150 valence electrons. The van der Waals surface area contributed by atoms with Gasteiger partial charge in [-0.25, -0.2) is 14.4 Å². The van der Waals surface area contributed by atoms with E-state index in [2.05, 4.69) is 26.1 Å². The van der Waals surface area contributed by atoms with E-state index in [1.165, 1.54) is 24.3 Å². The van der Waals surface area contributed by atoms with Crippen molar-refractivity contribution in [1.29, 1.82) is 5.26 Å². The molecule has 0 radical (unpaired) electrons. The van der Waals surface area contributed by atoms with Crippen LogP contribution in [-0.2, 0) is 0 Å². The van der Waals surface area contributed by atoms with Gasteiger partial charge in [0.15, 0.2) is 0 Å². The van der Waals surface area contributed by atoms with Crippen molar-refractivity contribution in [1.82, 2.24) is 14.5 Å². The minimum Gasteiger partial charge on any atom is -0.435 e. The van der Waals surface area contributed by atoms with E-state index in [1.54, 1.807) is 41.8 Å². The van der Waals surface area contributed by atoms with Crippen LogP contribution in [0, 0.1) is 24.1 Å². The zero-order chi connectivity index (χ0) is 21.3. The summed E-state index contributed by atoms with van der Waals surface area (Å²) in [6.45, 7) is -1.15. The molecule has 2 aromatic heterocycles. The van der Waals surface area contributed by atoms with Crippen molar-refractivity contribution >= 4 is 22.5 Å². The third-order valence-electron chi connectivity index (χ3n) is 4.31. The van der Waals surface area contributed by atoms with Crippen LogP contribution in [0.4, 0.5) is 24.7 Å². The molecule has 0 saturated carbocycles. The van der Waals surface area contributed by atoms with Crippen LogP contribution in [-0.4, -0.2) is 21.1 Å². The summed E-state index contributed by atoms with van der Waals surface area (Å²) in [7, 11) is 0. The van der Waals surface area contributed by atoms with Gasteiger partial charge in [0.05, 0.1) is 22.7 Å². The van der Waals surface area contributed by atoms with Gasteiger partial charge < -0.3 is 10.1 Å². The van der Waals surface area contributed by atoms with E-state index in [0.717, 1.165) is 0 Å². The number of nitrogens with zero attached hydrogens (tertiary/aromatic N) is 4. The number of nitrogens with one attached hydrogen (secondary N) is 1. The summed E-state index contributed by atoms with van der Waals surface area (Å²) >= 11 is 0. The molecule has 4 aromatic rings. The van der Waals surface area contributed by atoms with Crippen molar-refractivity contribution in [3.8, 4) is 17.6 Å². The summed E-state index contributed by atoms with van der Waals surface area (Å²) in [5, 5.41) is 12.4. The Labute approximate surface area is 169 Å². The maximum Gasteiger partial charge on any atom is 0.387 e. The fraction of sp³-hybridized carbons (Fsp3) is 0.0952. The number of halogens is 3. The third kappa shape index (κ3) is 3.89. The molecule has 0 fully saturated rings. The molecule has 0 amide bonds. The Morgan fingerprint density at radius 2 is 1.83 bits per heavy atom. The SMILES string of the molecule is Cc1nc2ccc(F)cc2n1-c1cc(C#N)cc(Nc2ccc(OC(F)F)cc2)n1. The number of pyridine rings is 1. The first-order valence-corrected chi connectivity index (χ1v) is 8.82. The number of alkyl halides is 2. The van der Waals surface area contributed by atoms with Gasteiger partial charge >= 0.3 is 6.61 Å². The minimum atomic E-state index is -2.90. The van der Waals surface area contributed by atoms with Crippen LogP contribution in [0.5, 0.6) is 5.75 Å². The van der Waals surface area contributed by atoms with Gasteiger partial charge in [-0.15, -0.1) is 0 Å². The number of benzene rings is 2. The number of imidazole rings is 1. The van der Waals surface area contributed by atoms with Crippen LogP contribution in [0.15, 0.2) is 54.6 Å². The van der Waals surface area contributed by atoms with Crippen LogP contribution >= 0.6 is 0 Å². The number of aryl methyl sites for hydroxylation is 1. The Kier molecular flexibility index (Phi) is 4.98. The van der Waals surface area contributed by atoms with Gasteiger partial charge in [0.25, 0.3) is 0 Å². The topological polar surface area (TPSA) is 75.8 Å². The highest BCUT2D eigenvalue weighted by atomic mass is 19.3. The maximum absolute atomic E-state index is 13.8. The second-order valence-corrected chi connectivity index (χ2v) is 6.37. The highest BCUT2D eigenvalue weighted by Gasteiger charge is 2.13. The molecule has 0 spiro atoms. The van der Waals surface area contributed by atoms with E-state index in [0.29, 0.717) is 39.7 Å². The predicted molar refractivity (Wildman–Crippen MR) is 105 cm³/mol. The number of nitriles is 1. The second-order valence-electron chi connectivity index (χ2n) is 6.37. The first-order valence-electron chi connectivity index (χ1n) is 8.82. The van der Waals surface area contributed by atoms with Crippen LogP contribution in [0.3, 0.4) is 0 Å². The van der Waals surface area contributed by atoms with Gasteiger partial charge in [-0.1, -0.05) is 0 Å². The number of aromatic nitrogens is 3. The van der Waals surface area contributed by atoms with E-state index in [-0.39, 0.29) is 5.75 Å². The molecule has 0 aliphatic heterocycles. The first kappa shape index (κ1) is 19.3. The lowest BCUT2D eigenvalue weighted by atomic mass is 10.2. The number of fused-ring (bicyclic) bond motifs is 1. The number of hydrogen-bond acceptors (Lipinski definition) is 5. The van der Waals surface area contributed by atoms with Gasteiger partial charge in [-0.2, -0.15) is 14.0 Å². The fourth-order valence-electron chi connectivity index (χ4n) is 3.08. The lowest BCUT2D eigenvalue weighted by Crippen LogP contribution is -2.04. The van der Waals surface area contributed by atoms with Gasteiger partial charge in [-0.05, 0) is 55.5 Å². The first-order chi connectivity index (χ1) is 14.4. The standard InChI is InChI=1S/C21H14F3N5O/c1-12-26-17-7-2-14(22)10-18(17)29(12)20-9-13(11-25)8-19(28-20)27-15-3-5-16(6-4-15)30-21(23)24/h2-10,21H,1H3,(H,27,28). The van der Waals surface area contributed by atoms with Crippen molar-refractivity contribution in [2.45, 2.75) is 13.5 Å². The predicted octanol–water partition coefficient (Wildman–Crippen LogP) is 5.08. The molecule has 0 bridgehead atoms. The van der Waals surface area contributed by atoms with Crippen LogP contribution in [0.1, 0.15) is 11.4 Å².